The third kappa shape index (κ3) is 1.38. The highest BCUT2D eigenvalue weighted by Crippen LogP contribution is 2.51. The molecule has 16 heavy (non-hydrogen) atoms. The molecule has 0 radical (unpaired) electrons. The fourth-order valence-electron chi connectivity index (χ4n) is 1.90. The Morgan fingerprint density at radius 2 is 2.12 bits per heavy atom. The van der Waals surface area contributed by atoms with E-state index >= 15 is 0 Å². The van der Waals surface area contributed by atoms with Crippen molar-refractivity contribution in [2.24, 2.45) is 12.8 Å². The van der Waals surface area contributed by atoms with Crippen LogP contribution in [0.2, 0.25) is 0 Å². The van der Waals surface area contributed by atoms with Crippen molar-refractivity contribution in [2.75, 3.05) is 0 Å². The Kier molecular flexibility index (Phi) is 2.05. The van der Waals surface area contributed by atoms with Gasteiger partial charge in [-0.25, -0.2) is 0 Å². The van der Waals surface area contributed by atoms with Crippen LogP contribution in [0.1, 0.15) is 24.1 Å². The molecule has 0 unspecified atom stereocenters. The lowest BCUT2D eigenvalue weighted by atomic mass is 9.95. The summed E-state index contributed by atoms with van der Waals surface area (Å²) in [5.41, 5.74) is 3.00. The number of halogens is 3. The Balaban J connectivity index is 2.56. The number of aryl methyl sites for hydroxylation is 1. The number of alkyl halides is 3. The summed E-state index contributed by atoms with van der Waals surface area (Å²) in [5.74, 6) is -0.717. The molecule has 1 aliphatic carbocycles. The topological polar surface area (TPSA) is 60.9 Å². The predicted molar refractivity (Wildman–Crippen MR) is 48.3 cm³/mol. The Morgan fingerprint density at radius 3 is 2.50 bits per heavy atom. The van der Waals surface area contributed by atoms with E-state index in [1.54, 1.807) is 0 Å². The van der Waals surface area contributed by atoms with Crippen LogP contribution >= 0.6 is 0 Å². The van der Waals surface area contributed by atoms with E-state index < -0.39 is 23.2 Å². The zero-order chi connectivity index (χ0) is 12.1. The van der Waals surface area contributed by atoms with Crippen molar-refractivity contribution in [1.82, 2.24) is 9.78 Å². The summed E-state index contributed by atoms with van der Waals surface area (Å²) in [5, 5.41) is 3.56. The van der Waals surface area contributed by atoms with E-state index in [-0.39, 0.29) is 5.56 Å². The van der Waals surface area contributed by atoms with Gasteiger partial charge in [-0.2, -0.15) is 18.3 Å². The van der Waals surface area contributed by atoms with Crippen LogP contribution in [0.15, 0.2) is 6.20 Å². The number of carbonyl (C=O) groups is 1. The number of hydrogen-bond donors (Lipinski definition) is 1. The molecule has 0 aromatic carbocycles. The van der Waals surface area contributed by atoms with Crippen molar-refractivity contribution in [3.8, 4) is 0 Å². The minimum absolute atomic E-state index is 0.102. The van der Waals surface area contributed by atoms with E-state index in [2.05, 4.69) is 5.10 Å². The van der Waals surface area contributed by atoms with Gasteiger partial charge in [0.1, 0.15) is 5.69 Å². The monoisotopic (exact) mass is 233 g/mol. The van der Waals surface area contributed by atoms with Crippen molar-refractivity contribution < 1.29 is 18.0 Å². The highest BCUT2D eigenvalue weighted by atomic mass is 19.4. The number of carbonyl (C=O) groups excluding carboxylic acids is 1. The summed E-state index contributed by atoms with van der Waals surface area (Å²) in [6.45, 7) is 0. The Labute approximate surface area is 89.2 Å². The molecule has 1 aromatic heterocycles. The number of amides is 1. The van der Waals surface area contributed by atoms with E-state index in [4.69, 9.17) is 5.73 Å². The lowest BCUT2D eigenvalue weighted by molar-refractivity contribution is -0.144. The molecule has 1 fully saturated rings. The van der Waals surface area contributed by atoms with Gasteiger partial charge in [0.15, 0.2) is 0 Å². The molecule has 4 nitrogen and oxygen atoms in total. The SMILES string of the molecule is Cn1ncc(C2(C(N)=O)CC2)c1C(F)(F)F. The van der Waals surface area contributed by atoms with Crippen LogP contribution in [0, 0.1) is 0 Å². The number of primary amides is 1. The zero-order valence-electron chi connectivity index (χ0n) is 8.51. The van der Waals surface area contributed by atoms with Gasteiger partial charge in [0.2, 0.25) is 5.91 Å². The Hall–Kier alpha value is -1.53. The maximum Gasteiger partial charge on any atom is 0.433 e. The number of nitrogens with two attached hydrogens (primary N) is 1. The first kappa shape index (κ1) is 11.0. The van der Waals surface area contributed by atoms with Gasteiger partial charge in [0, 0.05) is 12.6 Å². The molecule has 1 aromatic rings. The third-order valence-electron chi connectivity index (χ3n) is 2.94. The van der Waals surface area contributed by atoms with Crippen LogP contribution in [0.5, 0.6) is 0 Å². The highest BCUT2D eigenvalue weighted by molar-refractivity contribution is 5.90. The normalized spacial score (nSPS) is 18.5. The molecule has 0 spiro atoms. The van der Waals surface area contributed by atoms with E-state index in [1.165, 1.54) is 7.05 Å². The van der Waals surface area contributed by atoms with Gasteiger partial charge in [-0.15, -0.1) is 0 Å². The quantitative estimate of drug-likeness (QED) is 0.826. The molecule has 88 valence electrons. The fourth-order valence-corrected chi connectivity index (χ4v) is 1.90. The fraction of sp³-hybridized carbons (Fsp3) is 0.556. The second kappa shape index (κ2) is 2.99. The smallest absolute Gasteiger partial charge is 0.369 e. The largest absolute Gasteiger partial charge is 0.433 e. The number of hydrogen-bond acceptors (Lipinski definition) is 2. The first-order valence-corrected chi connectivity index (χ1v) is 4.68. The van der Waals surface area contributed by atoms with E-state index in [1.807, 2.05) is 0 Å². The van der Waals surface area contributed by atoms with E-state index in [0.29, 0.717) is 12.8 Å². The molecular weight excluding hydrogens is 223 g/mol. The first-order chi connectivity index (χ1) is 7.29. The van der Waals surface area contributed by atoms with Crippen molar-refractivity contribution >= 4 is 5.91 Å². The first-order valence-electron chi connectivity index (χ1n) is 4.68. The lowest BCUT2D eigenvalue weighted by Gasteiger charge is -2.14. The van der Waals surface area contributed by atoms with Crippen LogP contribution in [0.4, 0.5) is 13.2 Å². The van der Waals surface area contributed by atoms with Crippen molar-refractivity contribution in [2.45, 2.75) is 24.4 Å². The molecular formula is C9H10F3N3O. The molecule has 1 aliphatic rings. The standard InChI is InChI=1S/C9H10F3N3O/c1-15-6(9(10,11)12)5(4-14-15)8(2-3-8)7(13)16/h4H,2-3H2,1H3,(H2,13,16). The van der Waals surface area contributed by atoms with Crippen LogP contribution in [0.25, 0.3) is 0 Å². The molecule has 1 heterocycles. The summed E-state index contributed by atoms with van der Waals surface area (Å²) in [6, 6.07) is 0. The molecule has 1 amide bonds. The van der Waals surface area contributed by atoms with Crippen LogP contribution in [-0.4, -0.2) is 15.7 Å². The highest BCUT2D eigenvalue weighted by Gasteiger charge is 2.55. The van der Waals surface area contributed by atoms with Gasteiger partial charge in [0.05, 0.1) is 11.6 Å². The van der Waals surface area contributed by atoms with Gasteiger partial charge in [0.25, 0.3) is 0 Å². The summed E-state index contributed by atoms with van der Waals surface area (Å²) in [7, 11) is 1.20. The van der Waals surface area contributed by atoms with Gasteiger partial charge in [-0.3, -0.25) is 9.48 Å². The third-order valence-corrected chi connectivity index (χ3v) is 2.94. The summed E-state index contributed by atoms with van der Waals surface area (Å²) < 4.78 is 39.0. The maximum atomic E-state index is 12.8. The second-order valence-corrected chi connectivity index (χ2v) is 3.97. The number of nitrogens with zero attached hydrogens (tertiary/aromatic N) is 2. The van der Waals surface area contributed by atoms with Crippen LogP contribution < -0.4 is 5.73 Å². The second-order valence-electron chi connectivity index (χ2n) is 3.97. The Morgan fingerprint density at radius 1 is 1.56 bits per heavy atom. The van der Waals surface area contributed by atoms with Gasteiger partial charge in [-0.1, -0.05) is 0 Å². The molecule has 2 rings (SSSR count). The van der Waals surface area contributed by atoms with E-state index in [0.717, 1.165) is 10.9 Å². The van der Waals surface area contributed by atoms with E-state index in [9.17, 15) is 18.0 Å². The van der Waals surface area contributed by atoms with Crippen LogP contribution in [-0.2, 0) is 23.4 Å². The number of rotatable bonds is 2. The summed E-state index contributed by atoms with van der Waals surface area (Å²) in [6.07, 6.45) is -2.72. The minimum Gasteiger partial charge on any atom is -0.369 e. The summed E-state index contributed by atoms with van der Waals surface area (Å²) in [4.78, 5) is 11.2. The minimum atomic E-state index is -4.52. The van der Waals surface area contributed by atoms with Gasteiger partial charge in [-0.05, 0) is 12.8 Å². The predicted octanol–water partition coefficient (Wildman–Crippen LogP) is 0.956. The molecule has 2 N–H and O–H groups in total. The molecule has 0 atom stereocenters. The lowest BCUT2D eigenvalue weighted by Crippen LogP contribution is -2.30. The van der Waals surface area contributed by atoms with Gasteiger partial charge >= 0.3 is 6.18 Å². The average Bonchev–Trinajstić information content (AvgIpc) is 2.83. The van der Waals surface area contributed by atoms with Gasteiger partial charge < -0.3 is 5.73 Å². The average molecular weight is 233 g/mol. The van der Waals surface area contributed by atoms with Crippen molar-refractivity contribution in [1.29, 1.82) is 0 Å². The zero-order valence-corrected chi connectivity index (χ0v) is 8.51. The molecule has 0 saturated heterocycles. The van der Waals surface area contributed by atoms with Crippen molar-refractivity contribution in [3.05, 3.63) is 17.5 Å². The van der Waals surface area contributed by atoms with Crippen molar-refractivity contribution in [3.63, 3.8) is 0 Å². The molecule has 7 heteroatoms. The molecule has 0 aliphatic heterocycles. The molecule has 1 saturated carbocycles. The Bertz CT molecular complexity index is 445. The molecule has 0 bridgehead atoms. The summed E-state index contributed by atoms with van der Waals surface area (Å²) >= 11 is 0. The van der Waals surface area contributed by atoms with Crippen LogP contribution in [0.3, 0.4) is 0 Å². The number of aromatic nitrogens is 2. The maximum absolute atomic E-state index is 12.8.